The molecule has 1 aromatic rings. The molecule has 0 radical (unpaired) electrons. The number of nitrogens with one attached hydrogen (secondary N) is 1. The predicted molar refractivity (Wildman–Crippen MR) is 51.5 cm³/mol. The zero-order chi connectivity index (χ0) is 10.2. The van der Waals surface area contributed by atoms with Crippen molar-refractivity contribution in [2.45, 2.75) is 37.8 Å². The van der Waals surface area contributed by atoms with Crippen LogP contribution in [0.15, 0.2) is 0 Å². The number of rotatable bonds is 3. The molecule has 0 amide bonds. The Morgan fingerprint density at radius 3 is 2.64 bits per heavy atom. The first-order valence-corrected chi connectivity index (χ1v) is 4.91. The summed E-state index contributed by atoms with van der Waals surface area (Å²) in [5.74, 6) is 1.47. The first-order valence-electron chi connectivity index (χ1n) is 4.91. The van der Waals surface area contributed by atoms with E-state index < -0.39 is 0 Å². The smallest absolute Gasteiger partial charge is 0.182 e. The molecule has 78 valence electrons. The van der Waals surface area contributed by atoms with Gasteiger partial charge in [-0.15, -0.1) is 0 Å². The average Bonchev–Trinajstić information content (AvgIpc) is 2.52. The van der Waals surface area contributed by atoms with E-state index in [2.05, 4.69) is 15.2 Å². The fraction of sp³-hybridized carbons (Fsp3) is 0.778. The summed E-state index contributed by atoms with van der Waals surface area (Å²) in [6, 6.07) is -0.106. The minimum Gasteiger partial charge on any atom is -0.370 e. The maximum atomic E-state index is 5.70. The van der Waals surface area contributed by atoms with Crippen LogP contribution in [0.2, 0.25) is 0 Å². The molecule has 1 aliphatic carbocycles. The highest BCUT2D eigenvalue weighted by Gasteiger charge is 2.42. The number of hydrogen-bond acceptors (Lipinski definition) is 4. The molecule has 14 heavy (non-hydrogen) atoms. The maximum absolute atomic E-state index is 5.70. The number of methoxy groups -OCH3 is 1. The molecule has 1 heterocycles. The highest BCUT2D eigenvalue weighted by Crippen LogP contribution is 2.42. The summed E-state index contributed by atoms with van der Waals surface area (Å²) in [6.45, 7) is 1.88. The lowest BCUT2D eigenvalue weighted by Gasteiger charge is -2.37. The molecule has 5 nitrogen and oxygen atoms in total. The Labute approximate surface area is 83.1 Å². The zero-order valence-corrected chi connectivity index (χ0v) is 8.58. The van der Waals surface area contributed by atoms with Crippen molar-refractivity contribution >= 4 is 0 Å². The summed E-state index contributed by atoms with van der Waals surface area (Å²) in [7, 11) is 1.71. The molecule has 0 spiro atoms. The minimum absolute atomic E-state index is 0.106. The first-order chi connectivity index (χ1) is 6.68. The molecule has 0 aliphatic heterocycles. The van der Waals surface area contributed by atoms with E-state index in [1.807, 2.05) is 6.92 Å². The van der Waals surface area contributed by atoms with Crippen molar-refractivity contribution in [1.82, 2.24) is 15.2 Å². The standard InChI is InChI=1S/C9H16N4O/c1-6(10)7-11-8(13-12-7)9(14-2)4-3-5-9/h6H,3-5,10H2,1-2H3,(H,11,12,13). The molecule has 1 unspecified atom stereocenters. The molecular weight excluding hydrogens is 180 g/mol. The molecule has 1 saturated carbocycles. The molecule has 1 aromatic heterocycles. The molecule has 0 bridgehead atoms. The molecular formula is C9H16N4O. The number of H-pyrrole nitrogens is 1. The van der Waals surface area contributed by atoms with Crippen LogP contribution in [0.1, 0.15) is 43.9 Å². The topological polar surface area (TPSA) is 76.8 Å². The normalized spacial score (nSPS) is 21.6. The number of nitrogens with two attached hydrogens (primary N) is 1. The van der Waals surface area contributed by atoms with Gasteiger partial charge in [0.05, 0.1) is 6.04 Å². The summed E-state index contributed by atoms with van der Waals surface area (Å²) < 4.78 is 5.47. The van der Waals surface area contributed by atoms with E-state index in [1.165, 1.54) is 6.42 Å². The fourth-order valence-electron chi connectivity index (χ4n) is 1.70. The third-order valence-corrected chi connectivity index (χ3v) is 2.89. The lowest BCUT2D eigenvalue weighted by molar-refractivity contribution is -0.0844. The van der Waals surface area contributed by atoms with E-state index in [4.69, 9.17) is 10.5 Å². The van der Waals surface area contributed by atoms with Crippen molar-refractivity contribution in [1.29, 1.82) is 0 Å². The van der Waals surface area contributed by atoms with Crippen molar-refractivity contribution in [3.05, 3.63) is 11.6 Å². The van der Waals surface area contributed by atoms with Crippen LogP contribution in [0.25, 0.3) is 0 Å². The van der Waals surface area contributed by atoms with Crippen molar-refractivity contribution in [3.8, 4) is 0 Å². The molecule has 5 heteroatoms. The Morgan fingerprint density at radius 2 is 2.29 bits per heavy atom. The van der Waals surface area contributed by atoms with Gasteiger partial charge in [-0.25, -0.2) is 4.98 Å². The van der Waals surface area contributed by atoms with Crippen LogP contribution in [0, 0.1) is 0 Å². The van der Waals surface area contributed by atoms with E-state index in [0.29, 0.717) is 0 Å². The molecule has 1 aliphatic rings. The Bertz CT molecular complexity index is 311. The Balaban J connectivity index is 2.23. The number of nitrogens with zero attached hydrogens (tertiary/aromatic N) is 2. The minimum atomic E-state index is -0.246. The van der Waals surface area contributed by atoms with Gasteiger partial charge in [0.25, 0.3) is 0 Å². The maximum Gasteiger partial charge on any atom is 0.182 e. The molecule has 3 N–H and O–H groups in total. The second-order valence-corrected chi connectivity index (χ2v) is 3.88. The predicted octanol–water partition coefficient (Wildman–Crippen LogP) is 0.850. The van der Waals surface area contributed by atoms with E-state index in [0.717, 1.165) is 24.5 Å². The third-order valence-electron chi connectivity index (χ3n) is 2.89. The summed E-state index contributed by atoms with van der Waals surface area (Å²) in [5, 5.41) is 7.01. The summed E-state index contributed by atoms with van der Waals surface area (Å²) >= 11 is 0. The summed E-state index contributed by atoms with van der Waals surface area (Å²) in [4.78, 5) is 4.36. The van der Waals surface area contributed by atoms with Gasteiger partial charge in [0.15, 0.2) is 5.82 Å². The Kier molecular flexibility index (Phi) is 2.28. The quantitative estimate of drug-likeness (QED) is 0.751. The van der Waals surface area contributed by atoms with Gasteiger partial charge in [-0.1, -0.05) is 0 Å². The molecule has 1 atom stereocenters. The molecule has 0 saturated heterocycles. The van der Waals surface area contributed by atoms with Gasteiger partial charge >= 0.3 is 0 Å². The lowest BCUT2D eigenvalue weighted by atomic mass is 9.79. The second kappa shape index (κ2) is 3.33. The van der Waals surface area contributed by atoms with Gasteiger partial charge in [-0.2, -0.15) is 5.10 Å². The first kappa shape index (κ1) is 9.61. The number of ether oxygens (including phenoxy) is 1. The van der Waals surface area contributed by atoms with Gasteiger partial charge in [0.2, 0.25) is 0 Å². The SMILES string of the molecule is COC1(c2n[nH]c(C(C)N)n2)CCC1. The Hall–Kier alpha value is -0.940. The van der Waals surface area contributed by atoms with Crippen molar-refractivity contribution in [3.63, 3.8) is 0 Å². The van der Waals surface area contributed by atoms with Crippen LogP contribution < -0.4 is 5.73 Å². The fourth-order valence-corrected chi connectivity index (χ4v) is 1.70. The van der Waals surface area contributed by atoms with Gasteiger partial charge in [-0.3, -0.25) is 5.10 Å². The summed E-state index contributed by atoms with van der Waals surface area (Å²) in [6.07, 6.45) is 3.18. The van der Waals surface area contributed by atoms with Gasteiger partial charge in [0, 0.05) is 7.11 Å². The van der Waals surface area contributed by atoms with Crippen LogP contribution in [-0.4, -0.2) is 22.3 Å². The van der Waals surface area contributed by atoms with Crippen LogP contribution in [0.5, 0.6) is 0 Å². The van der Waals surface area contributed by atoms with Crippen LogP contribution in [0.3, 0.4) is 0 Å². The second-order valence-electron chi connectivity index (χ2n) is 3.88. The molecule has 2 rings (SSSR count). The highest BCUT2D eigenvalue weighted by molar-refractivity contribution is 5.08. The van der Waals surface area contributed by atoms with Crippen molar-refractivity contribution in [2.75, 3.05) is 7.11 Å². The number of hydrogen-bond donors (Lipinski definition) is 2. The van der Waals surface area contributed by atoms with E-state index in [9.17, 15) is 0 Å². The zero-order valence-electron chi connectivity index (χ0n) is 8.58. The highest BCUT2D eigenvalue weighted by atomic mass is 16.5. The summed E-state index contributed by atoms with van der Waals surface area (Å²) in [5.41, 5.74) is 5.45. The third kappa shape index (κ3) is 1.33. The van der Waals surface area contributed by atoms with E-state index >= 15 is 0 Å². The number of aromatic nitrogens is 3. The van der Waals surface area contributed by atoms with E-state index in [-0.39, 0.29) is 11.6 Å². The van der Waals surface area contributed by atoms with E-state index in [1.54, 1.807) is 7.11 Å². The molecule has 1 fully saturated rings. The van der Waals surface area contributed by atoms with Gasteiger partial charge < -0.3 is 10.5 Å². The largest absolute Gasteiger partial charge is 0.370 e. The van der Waals surface area contributed by atoms with Gasteiger partial charge in [-0.05, 0) is 26.2 Å². The molecule has 0 aromatic carbocycles. The van der Waals surface area contributed by atoms with Crippen molar-refractivity contribution in [2.24, 2.45) is 5.73 Å². The van der Waals surface area contributed by atoms with Crippen LogP contribution in [-0.2, 0) is 10.3 Å². The van der Waals surface area contributed by atoms with Crippen molar-refractivity contribution < 1.29 is 4.74 Å². The van der Waals surface area contributed by atoms with Crippen LogP contribution in [0.4, 0.5) is 0 Å². The van der Waals surface area contributed by atoms with Crippen LogP contribution >= 0.6 is 0 Å². The number of aromatic amines is 1. The monoisotopic (exact) mass is 196 g/mol. The Morgan fingerprint density at radius 1 is 1.57 bits per heavy atom. The average molecular weight is 196 g/mol. The van der Waals surface area contributed by atoms with Gasteiger partial charge in [0.1, 0.15) is 11.4 Å². The lowest BCUT2D eigenvalue weighted by Crippen LogP contribution is -2.37.